The number of carbonyl (C=O) groups is 3. The van der Waals surface area contributed by atoms with E-state index < -0.39 is 0 Å². The predicted molar refractivity (Wildman–Crippen MR) is 104 cm³/mol. The highest BCUT2D eigenvalue weighted by Crippen LogP contribution is 2.13. The van der Waals surface area contributed by atoms with Gasteiger partial charge in [-0.25, -0.2) is 0 Å². The minimum absolute atomic E-state index is 0.131. The van der Waals surface area contributed by atoms with E-state index in [1.54, 1.807) is 46.2 Å². The Kier molecular flexibility index (Phi) is 6.47. The second-order valence-corrected chi connectivity index (χ2v) is 6.75. The molecule has 3 rings (SSSR count). The zero-order valence-corrected chi connectivity index (χ0v) is 16.0. The first-order chi connectivity index (χ1) is 13.6. The van der Waals surface area contributed by atoms with Crippen LogP contribution in [0.2, 0.25) is 0 Å². The minimum atomic E-state index is -0.169. The molecule has 0 bridgehead atoms. The Morgan fingerprint density at radius 3 is 2.29 bits per heavy atom. The third kappa shape index (κ3) is 4.60. The summed E-state index contributed by atoms with van der Waals surface area (Å²) in [7, 11) is 0. The molecule has 1 aliphatic rings. The van der Waals surface area contributed by atoms with Gasteiger partial charge in [0.15, 0.2) is 5.76 Å². The molecule has 1 aliphatic heterocycles. The van der Waals surface area contributed by atoms with Crippen molar-refractivity contribution in [1.29, 1.82) is 0 Å². The van der Waals surface area contributed by atoms with Crippen LogP contribution in [0.5, 0.6) is 0 Å². The number of furan rings is 1. The second-order valence-electron chi connectivity index (χ2n) is 6.75. The van der Waals surface area contributed by atoms with E-state index in [0.29, 0.717) is 49.6 Å². The van der Waals surface area contributed by atoms with E-state index in [9.17, 15) is 14.4 Å². The molecule has 0 radical (unpaired) electrons. The summed E-state index contributed by atoms with van der Waals surface area (Å²) in [5, 5.41) is 2.86. The molecule has 0 aliphatic carbocycles. The molecule has 0 saturated carbocycles. The number of unbranched alkanes of at least 4 members (excludes halogenated alkanes) is 1. The van der Waals surface area contributed by atoms with Gasteiger partial charge in [0.25, 0.3) is 17.7 Å². The topological polar surface area (TPSA) is 82.9 Å². The van der Waals surface area contributed by atoms with Crippen LogP contribution in [-0.2, 0) is 0 Å². The smallest absolute Gasteiger partial charge is 0.289 e. The van der Waals surface area contributed by atoms with Gasteiger partial charge in [-0.2, -0.15) is 0 Å². The zero-order valence-electron chi connectivity index (χ0n) is 16.0. The van der Waals surface area contributed by atoms with Gasteiger partial charge in [0, 0.05) is 43.9 Å². The van der Waals surface area contributed by atoms with Crippen molar-refractivity contribution in [3.63, 3.8) is 0 Å². The van der Waals surface area contributed by atoms with E-state index in [4.69, 9.17) is 4.42 Å². The molecule has 1 saturated heterocycles. The monoisotopic (exact) mass is 383 g/mol. The predicted octanol–water partition coefficient (Wildman–Crippen LogP) is 2.41. The highest BCUT2D eigenvalue weighted by molar-refractivity contribution is 5.99. The fraction of sp³-hybridized carbons (Fsp3) is 0.381. The van der Waals surface area contributed by atoms with Crippen molar-refractivity contribution < 1.29 is 18.8 Å². The number of rotatable bonds is 6. The molecule has 7 heteroatoms. The van der Waals surface area contributed by atoms with Crippen molar-refractivity contribution in [2.45, 2.75) is 19.8 Å². The fourth-order valence-corrected chi connectivity index (χ4v) is 3.13. The van der Waals surface area contributed by atoms with Crippen LogP contribution in [-0.4, -0.2) is 60.2 Å². The number of nitrogens with one attached hydrogen (secondary N) is 1. The van der Waals surface area contributed by atoms with Crippen LogP contribution in [0.15, 0.2) is 47.1 Å². The van der Waals surface area contributed by atoms with Crippen molar-refractivity contribution >= 4 is 17.7 Å². The summed E-state index contributed by atoms with van der Waals surface area (Å²) < 4.78 is 5.15. The molecular weight excluding hydrogens is 358 g/mol. The summed E-state index contributed by atoms with van der Waals surface area (Å²) in [5.41, 5.74) is 0.961. The third-order valence-corrected chi connectivity index (χ3v) is 4.77. The maximum absolute atomic E-state index is 12.8. The van der Waals surface area contributed by atoms with Gasteiger partial charge in [0.05, 0.1) is 6.26 Å². The molecule has 1 fully saturated rings. The zero-order chi connectivity index (χ0) is 19.9. The second kappa shape index (κ2) is 9.21. The average molecular weight is 383 g/mol. The number of carbonyl (C=O) groups excluding carboxylic acids is 3. The van der Waals surface area contributed by atoms with Crippen LogP contribution in [0.25, 0.3) is 0 Å². The Hall–Kier alpha value is -3.09. The Morgan fingerprint density at radius 1 is 0.964 bits per heavy atom. The maximum atomic E-state index is 12.8. The molecule has 7 nitrogen and oxygen atoms in total. The standard InChI is InChI=1S/C21H25N3O4/c1-2-3-9-22-19(25)16-6-4-7-17(15-16)20(26)23-10-12-24(13-11-23)21(27)18-8-5-14-28-18/h4-8,14-15H,2-3,9-13H2,1H3,(H,22,25). The van der Waals surface area contributed by atoms with Gasteiger partial charge in [-0.1, -0.05) is 19.4 Å². The number of amides is 3. The summed E-state index contributed by atoms with van der Waals surface area (Å²) in [5.74, 6) is -0.158. The summed E-state index contributed by atoms with van der Waals surface area (Å²) in [6.45, 7) is 4.47. The lowest BCUT2D eigenvalue weighted by atomic mass is 10.1. The molecule has 3 amide bonds. The van der Waals surface area contributed by atoms with Crippen molar-refractivity contribution in [1.82, 2.24) is 15.1 Å². The van der Waals surface area contributed by atoms with Crippen molar-refractivity contribution in [2.75, 3.05) is 32.7 Å². The molecule has 0 atom stereocenters. The van der Waals surface area contributed by atoms with E-state index in [2.05, 4.69) is 12.2 Å². The lowest BCUT2D eigenvalue weighted by Crippen LogP contribution is -2.50. The molecule has 0 spiro atoms. The van der Waals surface area contributed by atoms with Crippen LogP contribution in [0.3, 0.4) is 0 Å². The number of nitrogens with zero attached hydrogens (tertiary/aromatic N) is 2. The largest absolute Gasteiger partial charge is 0.459 e. The summed E-state index contributed by atoms with van der Waals surface area (Å²) in [6, 6.07) is 10.1. The summed E-state index contributed by atoms with van der Waals surface area (Å²) in [4.78, 5) is 40.7. The molecule has 2 heterocycles. The van der Waals surface area contributed by atoms with Crippen molar-refractivity contribution in [3.05, 3.63) is 59.5 Å². The summed E-state index contributed by atoms with van der Waals surface area (Å²) >= 11 is 0. The number of benzene rings is 1. The molecule has 28 heavy (non-hydrogen) atoms. The number of hydrogen-bond donors (Lipinski definition) is 1. The first-order valence-corrected chi connectivity index (χ1v) is 9.60. The van der Waals surface area contributed by atoms with E-state index in [-0.39, 0.29) is 17.7 Å². The van der Waals surface area contributed by atoms with Gasteiger partial charge in [-0.15, -0.1) is 0 Å². The third-order valence-electron chi connectivity index (χ3n) is 4.77. The van der Waals surface area contributed by atoms with E-state index in [1.165, 1.54) is 6.26 Å². The minimum Gasteiger partial charge on any atom is -0.459 e. The molecule has 1 aromatic carbocycles. The van der Waals surface area contributed by atoms with Gasteiger partial charge >= 0.3 is 0 Å². The SMILES string of the molecule is CCCCNC(=O)c1cccc(C(=O)N2CCN(C(=O)c3ccco3)CC2)c1. The first-order valence-electron chi connectivity index (χ1n) is 9.60. The normalized spacial score (nSPS) is 14.0. The summed E-state index contributed by atoms with van der Waals surface area (Å²) in [6.07, 6.45) is 3.40. The van der Waals surface area contributed by atoms with Crippen LogP contribution in [0.1, 0.15) is 51.0 Å². The molecule has 1 N–H and O–H groups in total. The Bertz CT molecular complexity index is 824. The Labute approximate surface area is 164 Å². The lowest BCUT2D eigenvalue weighted by molar-refractivity contribution is 0.0518. The molecule has 1 aromatic heterocycles. The first kappa shape index (κ1) is 19.7. The quantitative estimate of drug-likeness (QED) is 0.777. The molecule has 2 aromatic rings. The highest BCUT2D eigenvalue weighted by Gasteiger charge is 2.26. The van der Waals surface area contributed by atoms with E-state index in [0.717, 1.165) is 12.8 Å². The molecule has 0 unspecified atom stereocenters. The number of hydrogen-bond acceptors (Lipinski definition) is 4. The van der Waals surface area contributed by atoms with Gasteiger partial charge in [0.1, 0.15) is 0 Å². The highest BCUT2D eigenvalue weighted by atomic mass is 16.3. The average Bonchev–Trinajstić information content (AvgIpc) is 3.28. The Balaban J connectivity index is 1.58. The van der Waals surface area contributed by atoms with Gasteiger partial charge in [-0.05, 0) is 36.8 Å². The molecule has 148 valence electrons. The van der Waals surface area contributed by atoms with Crippen LogP contribution in [0.4, 0.5) is 0 Å². The Morgan fingerprint density at radius 2 is 1.64 bits per heavy atom. The maximum Gasteiger partial charge on any atom is 0.289 e. The fourth-order valence-electron chi connectivity index (χ4n) is 3.13. The van der Waals surface area contributed by atoms with Crippen molar-refractivity contribution in [3.8, 4) is 0 Å². The van der Waals surface area contributed by atoms with Crippen LogP contribution >= 0.6 is 0 Å². The van der Waals surface area contributed by atoms with Gasteiger partial charge < -0.3 is 19.5 Å². The van der Waals surface area contributed by atoms with Crippen molar-refractivity contribution in [2.24, 2.45) is 0 Å². The number of piperazine rings is 1. The van der Waals surface area contributed by atoms with Crippen LogP contribution < -0.4 is 5.32 Å². The lowest BCUT2D eigenvalue weighted by Gasteiger charge is -2.34. The van der Waals surface area contributed by atoms with E-state index in [1.807, 2.05) is 0 Å². The van der Waals surface area contributed by atoms with Gasteiger partial charge in [0.2, 0.25) is 0 Å². The molecular formula is C21H25N3O4. The van der Waals surface area contributed by atoms with E-state index >= 15 is 0 Å². The van der Waals surface area contributed by atoms with Crippen LogP contribution in [0, 0.1) is 0 Å². The van der Waals surface area contributed by atoms with Gasteiger partial charge in [-0.3, -0.25) is 14.4 Å².